The van der Waals surface area contributed by atoms with Crippen molar-refractivity contribution in [2.75, 3.05) is 38.2 Å². The molecule has 290 valence electrons. The van der Waals surface area contributed by atoms with Gasteiger partial charge < -0.3 is 41.2 Å². The van der Waals surface area contributed by atoms with Crippen LogP contribution in [0.25, 0.3) is 0 Å². The number of nitrogens with one attached hydrogen (secondary N) is 4. The molecule has 1 unspecified atom stereocenters. The Balaban J connectivity index is 1.91. The Morgan fingerprint density at radius 3 is 2.12 bits per heavy atom. The summed E-state index contributed by atoms with van der Waals surface area (Å²) < 4.78 is 16.0. The lowest BCUT2D eigenvalue weighted by Gasteiger charge is -2.25. The number of hydrogen-bond donors (Lipinski definition) is 5. The third-order valence-corrected chi connectivity index (χ3v) is 8.24. The summed E-state index contributed by atoms with van der Waals surface area (Å²) in [6, 6.07) is 3.83. The van der Waals surface area contributed by atoms with Crippen LogP contribution in [-0.4, -0.2) is 91.6 Å². The number of carbonyl (C=O) groups is 7. The highest BCUT2D eigenvalue weighted by atomic mass is 16.6. The van der Waals surface area contributed by atoms with Crippen LogP contribution in [0.4, 0.5) is 15.3 Å². The zero-order chi connectivity index (χ0) is 39.2. The molecule has 1 aromatic carbocycles. The molecule has 0 bridgehead atoms. The Morgan fingerprint density at radius 2 is 1.56 bits per heavy atom. The zero-order valence-corrected chi connectivity index (χ0v) is 31.6. The van der Waals surface area contributed by atoms with Crippen LogP contribution in [0.3, 0.4) is 0 Å². The number of likely N-dealkylation sites (tertiary alicyclic amines) is 1. The van der Waals surface area contributed by atoms with Gasteiger partial charge in [0.15, 0.2) is 0 Å². The quantitative estimate of drug-likeness (QED) is 0.0843. The standard InChI is InChI=1S/C36H56N6O10/c1-22(2)28(41-34(49)51-19-18-50-17-16-42-27(43)20-25(31(42)46)35(3,4)5)30(45)40-26(10-9-15-38-33(37)48)29(44)39-24-13-11-23(12-14-24)21-52-32(47)36(6,7)8/h11-14,22,25-26,28H,9-10,15-21H2,1-8H3,(H,39,44)(H,40,45)(H,41,49)(H3,37,38,48)/t25?,26-,28-/m0/s1. The second-order valence-electron chi connectivity index (χ2n) is 15.1. The number of primary amides is 1. The fourth-order valence-corrected chi connectivity index (χ4v) is 5.08. The molecule has 16 heteroatoms. The smallest absolute Gasteiger partial charge is 0.407 e. The summed E-state index contributed by atoms with van der Waals surface area (Å²) in [6.45, 7) is 14.7. The van der Waals surface area contributed by atoms with Gasteiger partial charge in [0.05, 0.1) is 31.1 Å². The average Bonchev–Trinajstić information content (AvgIpc) is 3.34. The molecule has 0 aromatic heterocycles. The second kappa shape index (κ2) is 19.8. The van der Waals surface area contributed by atoms with E-state index in [0.29, 0.717) is 17.7 Å². The van der Waals surface area contributed by atoms with Crippen LogP contribution in [-0.2, 0) is 44.8 Å². The summed E-state index contributed by atoms with van der Waals surface area (Å²) in [5, 5.41) is 10.4. The van der Waals surface area contributed by atoms with Crippen LogP contribution in [0.2, 0.25) is 0 Å². The first-order chi connectivity index (χ1) is 24.2. The Kier molecular flexibility index (Phi) is 16.5. The van der Waals surface area contributed by atoms with E-state index in [4.69, 9.17) is 19.9 Å². The van der Waals surface area contributed by atoms with E-state index in [1.54, 1.807) is 58.9 Å². The highest BCUT2D eigenvalue weighted by Crippen LogP contribution is 2.35. The Labute approximate surface area is 305 Å². The molecular weight excluding hydrogens is 676 g/mol. The molecule has 1 fully saturated rings. The van der Waals surface area contributed by atoms with Crippen molar-refractivity contribution < 1.29 is 47.8 Å². The lowest BCUT2D eigenvalue weighted by molar-refractivity contribution is -0.154. The summed E-state index contributed by atoms with van der Waals surface area (Å²) in [5.74, 6) is -2.74. The maximum absolute atomic E-state index is 13.4. The molecule has 0 radical (unpaired) electrons. The summed E-state index contributed by atoms with van der Waals surface area (Å²) in [7, 11) is 0. The number of imide groups is 1. The largest absolute Gasteiger partial charge is 0.460 e. The first-order valence-electron chi connectivity index (χ1n) is 17.5. The van der Waals surface area contributed by atoms with Gasteiger partial charge in [0.1, 0.15) is 25.3 Å². The van der Waals surface area contributed by atoms with Crippen molar-refractivity contribution in [2.24, 2.45) is 28.4 Å². The second-order valence-corrected chi connectivity index (χ2v) is 15.1. The van der Waals surface area contributed by atoms with E-state index in [0.717, 1.165) is 0 Å². The van der Waals surface area contributed by atoms with E-state index in [-0.39, 0.29) is 81.5 Å². The lowest BCUT2D eigenvalue weighted by atomic mass is 9.80. The third-order valence-electron chi connectivity index (χ3n) is 8.24. The third kappa shape index (κ3) is 14.5. The molecule has 1 aliphatic rings. The van der Waals surface area contributed by atoms with Gasteiger partial charge in [-0.25, -0.2) is 9.59 Å². The predicted molar refractivity (Wildman–Crippen MR) is 191 cm³/mol. The van der Waals surface area contributed by atoms with Crippen LogP contribution < -0.4 is 27.0 Å². The minimum atomic E-state index is -1.06. The van der Waals surface area contributed by atoms with Gasteiger partial charge in [0.25, 0.3) is 0 Å². The zero-order valence-electron chi connectivity index (χ0n) is 31.6. The molecule has 52 heavy (non-hydrogen) atoms. The average molecular weight is 733 g/mol. The van der Waals surface area contributed by atoms with E-state index in [1.165, 1.54) is 4.90 Å². The molecule has 0 spiro atoms. The maximum atomic E-state index is 13.4. The molecular formula is C36H56N6O10. The van der Waals surface area contributed by atoms with Crippen molar-refractivity contribution in [3.05, 3.63) is 29.8 Å². The number of rotatable bonds is 18. The van der Waals surface area contributed by atoms with E-state index in [9.17, 15) is 33.6 Å². The molecule has 3 atom stereocenters. The summed E-state index contributed by atoms with van der Waals surface area (Å²) in [4.78, 5) is 88.6. The van der Waals surface area contributed by atoms with Crippen molar-refractivity contribution in [1.82, 2.24) is 20.9 Å². The number of urea groups is 1. The molecule has 1 aliphatic heterocycles. The Bertz CT molecular complexity index is 1420. The minimum Gasteiger partial charge on any atom is -0.460 e. The number of nitrogens with zero attached hydrogens (tertiary/aromatic N) is 1. The van der Waals surface area contributed by atoms with Gasteiger partial charge in [-0.1, -0.05) is 46.8 Å². The molecule has 16 nitrogen and oxygen atoms in total. The number of amides is 7. The fraction of sp³-hybridized carbons (Fsp3) is 0.639. The molecule has 1 saturated heterocycles. The van der Waals surface area contributed by atoms with E-state index in [1.807, 2.05) is 20.8 Å². The van der Waals surface area contributed by atoms with Crippen LogP contribution >= 0.6 is 0 Å². The molecule has 0 saturated carbocycles. The van der Waals surface area contributed by atoms with Gasteiger partial charge in [-0.05, 0) is 62.6 Å². The van der Waals surface area contributed by atoms with Gasteiger partial charge in [0, 0.05) is 18.7 Å². The molecule has 1 aromatic rings. The van der Waals surface area contributed by atoms with Gasteiger partial charge in [-0.15, -0.1) is 0 Å². The highest BCUT2D eigenvalue weighted by molar-refractivity contribution is 6.04. The molecule has 7 amide bonds. The minimum absolute atomic E-state index is 0.00445. The molecule has 2 rings (SSSR count). The topological polar surface area (TPSA) is 225 Å². The summed E-state index contributed by atoms with van der Waals surface area (Å²) in [5.41, 5.74) is 5.32. The number of benzene rings is 1. The van der Waals surface area contributed by atoms with Gasteiger partial charge in [0.2, 0.25) is 23.6 Å². The van der Waals surface area contributed by atoms with Crippen molar-refractivity contribution in [1.29, 1.82) is 0 Å². The van der Waals surface area contributed by atoms with Gasteiger partial charge in [-0.3, -0.25) is 28.9 Å². The van der Waals surface area contributed by atoms with Gasteiger partial charge in [-0.2, -0.15) is 0 Å². The fourth-order valence-electron chi connectivity index (χ4n) is 5.08. The first kappa shape index (κ1) is 43.4. The number of esters is 1. The number of anilines is 1. The molecule has 6 N–H and O–H groups in total. The SMILES string of the molecule is CC(C)[C@H](NC(=O)OCCOCCN1C(=O)CC(C(C)(C)C)C1=O)C(=O)N[C@@H](CCCNC(N)=O)C(=O)Nc1ccc(COC(=O)C(C)(C)C)cc1. The van der Waals surface area contributed by atoms with Crippen molar-refractivity contribution in [2.45, 2.75) is 93.3 Å². The first-order valence-corrected chi connectivity index (χ1v) is 17.5. The Morgan fingerprint density at radius 1 is 0.904 bits per heavy atom. The highest BCUT2D eigenvalue weighted by Gasteiger charge is 2.44. The number of hydrogen-bond acceptors (Lipinski definition) is 10. The van der Waals surface area contributed by atoms with Crippen molar-refractivity contribution in [3.8, 4) is 0 Å². The van der Waals surface area contributed by atoms with Crippen LogP contribution in [0.1, 0.15) is 80.2 Å². The van der Waals surface area contributed by atoms with E-state index in [2.05, 4.69) is 21.3 Å². The summed E-state index contributed by atoms with van der Waals surface area (Å²) in [6.07, 6.45) is -0.272. The number of nitrogens with two attached hydrogens (primary N) is 1. The molecule has 1 heterocycles. The van der Waals surface area contributed by atoms with Crippen LogP contribution in [0.15, 0.2) is 24.3 Å². The van der Waals surface area contributed by atoms with E-state index >= 15 is 0 Å². The van der Waals surface area contributed by atoms with Crippen LogP contribution in [0, 0.1) is 22.7 Å². The maximum Gasteiger partial charge on any atom is 0.407 e. The predicted octanol–water partition coefficient (Wildman–Crippen LogP) is 2.84. The van der Waals surface area contributed by atoms with E-state index < -0.39 is 47.4 Å². The summed E-state index contributed by atoms with van der Waals surface area (Å²) >= 11 is 0. The monoisotopic (exact) mass is 732 g/mol. The number of carbonyl (C=O) groups excluding carboxylic acids is 7. The normalized spacial score (nSPS) is 15.9. The Hall–Kier alpha value is -4.73. The number of ether oxygens (including phenoxy) is 3. The number of alkyl carbamates (subject to hydrolysis) is 1. The van der Waals surface area contributed by atoms with Gasteiger partial charge >= 0.3 is 18.1 Å². The van der Waals surface area contributed by atoms with Crippen molar-refractivity contribution >= 4 is 47.4 Å². The van der Waals surface area contributed by atoms with Crippen LogP contribution in [0.5, 0.6) is 0 Å². The molecule has 0 aliphatic carbocycles. The van der Waals surface area contributed by atoms with Crippen molar-refractivity contribution in [3.63, 3.8) is 0 Å². The lowest BCUT2D eigenvalue weighted by Crippen LogP contribution is -2.54.